The van der Waals surface area contributed by atoms with E-state index in [1.165, 1.54) is 6.42 Å². The number of furan rings is 1. The minimum atomic E-state index is -1.02. The third-order valence-corrected chi connectivity index (χ3v) is 8.55. The molecule has 1 fully saturated rings. The summed E-state index contributed by atoms with van der Waals surface area (Å²) in [5.41, 5.74) is 0.384. The Balaban J connectivity index is 1.51. The van der Waals surface area contributed by atoms with E-state index in [2.05, 4.69) is 19.2 Å². The largest absolute Gasteiger partial charge is 0.463 e. The molecule has 4 heterocycles. The molecule has 1 saturated carbocycles. The molecule has 0 aromatic carbocycles. The highest BCUT2D eigenvalue weighted by molar-refractivity contribution is 7.09. The second-order valence-corrected chi connectivity index (χ2v) is 10.8. The summed E-state index contributed by atoms with van der Waals surface area (Å²) in [7, 11) is 0. The molecule has 3 aromatic heterocycles. The van der Waals surface area contributed by atoms with Gasteiger partial charge in [-0.1, -0.05) is 32.8 Å². The van der Waals surface area contributed by atoms with Crippen LogP contribution in [0.3, 0.4) is 0 Å². The van der Waals surface area contributed by atoms with Gasteiger partial charge < -0.3 is 19.2 Å². The van der Waals surface area contributed by atoms with E-state index in [0.717, 1.165) is 23.4 Å². The first-order valence-electron chi connectivity index (χ1n) is 11.8. The van der Waals surface area contributed by atoms with Crippen LogP contribution in [-0.4, -0.2) is 32.9 Å². The van der Waals surface area contributed by atoms with Gasteiger partial charge in [-0.25, -0.2) is 0 Å². The van der Waals surface area contributed by atoms with Crippen molar-refractivity contribution in [2.45, 2.75) is 64.7 Å². The number of nitrogens with zero attached hydrogens (tertiary/aromatic N) is 2. The number of rotatable bonds is 5. The van der Waals surface area contributed by atoms with Crippen LogP contribution in [0.25, 0.3) is 11.5 Å². The molecule has 0 bridgehead atoms. The van der Waals surface area contributed by atoms with Gasteiger partial charge in [0, 0.05) is 10.9 Å². The number of thiophene rings is 1. The molecule has 6 nitrogen and oxygen atoms in total. The average molecular weight is 466 g/mol. The lowest BCUT2D eigenvalue weighted by atomic mass is 9.77. The molecule has 4 unspecified atom stereocenters. The lowest BCUT2D eigenvalue weighted by Gasteiger charge is -2.45. The van der Waals surface area contributed by atoms with Crippen molar-refractivity contribution in [1.29, 1.82) is 0 Å². The molecule has 174 valence electrons. The summed E-state index contributed by atoms with van der Waals surface area (Å²) in [5, 5.41) is 5.35. The Morgan fingerprint density at radius 2 is 2.00 bits per heavy atom. The zero-order chi connectivity index (χ0) is 23.2. The molecular formula is C26H31N3O3S. The predicted molar refractivity (Wildman–Crippen MR) is 129 cm³/mol. The smallest absolute Gasteiger partial charge is 0.271 e. The van der Waals surface area contributed by atoms with E-state index in [4.69, 9.17) is 4.42 Å². The van der Waals surface area contributed by atoms with E-state index in [1.807, 2.05) is 53.3 Å². The van der Waals surface area contributed by atoms with E-state index in [0.29, 0.717) is 36.4 Å². The van der Waals surface area contributed by atoms with Crippen LogP contribution in [0.15, 0.2) is 52.5 Å². The van der Waals surface area contributed by atoms with Crippen molar-refractivity contribution < 1.29 is 14.0 Å². The predicted octanol–water partition coefficient (Wildman–Crippen LogP) is 5.17. The SMILES string of the molecule is CC1CCCC(NC(=O)C2(C)Cn3c(ccc3-c3ccco3)C(=O)N2Cc2cccs2)C1C. The molecule has 7 heteroatoms. The highest BCUT2D eigenvalue weighted by Gasteiger charge is 2.49. The maximum absolute atomic E-state index is 13.9. The highest BCUT2D eigenvalue weighted by Crippen LogP contribution is 2.36. The first-order chi connectivity index (χ1) is 15.9. The molecule has 1 aliphatic heterocycles. The topological polar surface area (TPSA) is 67.5 Å². The number of hydrogen-bond acceptors (Lipinski definition) is 4. The van der Waals surface area contributed by atoms with Crippen molar-refractivity contribution >= 4 is 23.2 Å². The number of aromatic nitrogens is 1. The fourth-order valence-electron chi connectivity index (χ4n) is 5.33. The zero-order valence-corrected chi connectivity index (χ0v) is 20.2. The number of nitrogens with one attached hydrogen (secondary N) is 1. The highest BCUT2D eigenvalue weighted by atomic mass is 32.1. The number of hydrogen-bond donors (Lipinski definition) is 1. The summed E-state index contributed by atoms with van der Waals surface area (Å²) in [5.74, 6) is 1.47. The van der Waals surface area contributed by atoms with Crippen molar-refractivity contribution in [2.75, 3.05) is 0 Å². The molecule has 0 spiro atoms. The number of carbonyl (C=O) groups excluding carboxylic acids is 2. The number of carbonyl (C=O) groups is 2. The third-order valence-electron chi connectivity index (χ3n) is 7.69. The Labute approximate surface area is 198 Å². The summed E-state index contributed by atoms with van der Waals surface area (Å²) in [4.78, 5) is 30.5. The van der Waals surface area contributed by atoms with Crippen LogP contribution in [0.1, 0.15) is 55.4 Å². The van der Waals surface area contributed by atoms with Crippen molar-refractivity contribution in [2.24, 2.45) is 11.8 Å². The maximum atomic E-state index is 13.9. The van der Waals surface area contributed by atoms with Gasteiger partial charge >= 0.3 is 0 Å². The Bertz CT molecular complexity index is 1130. The van der Waals surface area contributed by atoms with Crippen LogP contribution in [0.2, 0.25) is 0 Å². The van der Waals surface area contributed by atoms with Crippen molar-refractivity contribution in [1.82, 2.24) is 14.8 Å². The fourth-order valence-corrected chi connectivity index (χ4v) is 6.02. The molecule has 4 atom stereocenters. The quantitative estimate of drug-likeness (QED) is 0.566. The van der Waals surface area contributed by atoms with Gasteiger partial charge in [0.05, 0.1) is 25.0 Å². The molecule has 1 N–H and O–H groups in total. The molecule has 0 saturated heterocycles. The van der Waals surface area contributed by atoms with E-state index < -0.39 is 5.54 Å². The Morgan fingerprint density at radius 1 is 1.18 bits per heavy atom. The zero-order valence-electron chi connectivity index (χ0n) is 19.4. The van der Waals surface area contributed by atoms with Crippen LogP contribution < -0.4 is 5.32 Å². The maximum Gasteiger partial charge on any atom is 0.271 e. The Morgan fingerprint density at radius 3 is 2.73 bits per heavy atom. The van der Waals surface area contributed by atoms with Gasteiger partial charge in [-0.15, -0.1) is 11.3 Å². The summed E-state index contributed by atoms with van der Waals surface area (Å²) < 4.78 is 7.57. The van der Waals surface area contributed by atoms with Gasteiger partial charge in [0.1, 0.15) is 17.0 Å². The standard InChI is InChI=1S/C26H31N3O3S/c1-17-7-4-9-20(18(17)2)27-25(31)26(3)16-28-21(23-10-5-13-32-23)11-12-22(28)24(30)29(26)15-19-8-6-14-33-19/h5-6,8,10-14,17-18,20H,4,7,9,15-16H2,1-3H3,(H,27,31). The van der Waals surface area contributed by atoms with E-state index in [9.17, 15) is 9.59 Å². The summed E-state index contributed by atoms with van der Waals surface area (Å²) >= 11 is 1.60. The molecular weight excluding hydrogens is 434 g/mol. The summed E-state index contributed by atoms with van der Waals surface area (Å²) in [6.45, 7) is 7.19. The molecule has 0 radical (unpaired) electrons. The third kappa shape index (κ3) is 3.82. The number of fused-ring (bicyclic) bond motifs is 1. The van der Waals surface area contributed by atoms with E-state index in [1.54, 1.807) is 22.5 Å². The number of amides is 2. The lowest BCUT2D eigenvalue weighted by Crippen LogP contribution is -2.65. The molecule has 3 aromatic rings. The molecule has 33 heavy (non-hydrogen) atoms. The summed E-state index contributed by atoms with van der Waals surface area (Å²) in [6.07, 6.45) is 4.93. The monoisotopic (exact) mass is 465 g/mol. The Kier molecular flexibility index (Phi) is 5.69. The second-order valence-electron chi connectivity index (χ2n) is 9.76. The fraction of sp³-hybridized carbons (Fsp3) is 0.462. The van der Waals surface area contributed by atoms with Crippen molar-refractivity contribution in [3.63, 3.8) is 0 Å². The lowest BCUT2D eigenvalue weighted by molar-refractivity contribution is -0.134. The minimum absolute atomic E-state index is 0.0805. The van der Waals surface area contributed by atoms with Gasteiger partial charge in [-0.3, -0.25) is 9.59 Å². The van der Waals surface area contributed by atoms with Gasteiger partial charge in [-0.2, -0.15) is 0 Å². The van der Waals surface area contributed by atoms with Crippen LogP contribution in [-0.2, 0) is 17.9 Å². The van der Waals surface area contributed by atoms with E-state index in [-0.39, 0.29) is 17.9 Å². The first kappa shape index (κ1) is 22.0. The van der Waals surface area contributed by atoms with Gasteiger partial charge in [0.15, 0.2) is 0 Å². The van der Waals surface area contributed by atoms with Crippen molar-refractivity contribution in [3.05, 3.63) is 58.6 Å². The summed E-state index contributed by atoms with van der Waals surface area (Å²) in [6, 6.07) is 11.6. The minimum Gasteiger partial charge on any atom is -0.463 e. The van der Waals surface area contributed by atoms with Crippen LogP contribution in [0, 0.1) is 11.8 Å². The molecule has 2 amide bonds. The van der Waals surface area contributed by atoms with Crippen LogP contribution in [0.5, 0.6) is 0 Å². The van der Waals surface area contributed by atoms with Crippen LogP contribution >= 0.6 is 11.3 Å². The average Bonchev–Trinajstić information content (AvgIpc) is 3.56. The first-order valence-corrected chi connectivity index (χ1v) is 12.6. The van der Waals surface area contributed by atoms with E-state index >= 15 is 0 Å². The second kappa shape index (κ2) is 8.52. The Hall–Kier alpha value is -2.80. The van der Waals surface area contributed by atoms with Gasteiger partial charge in [0.25, 0.3) is 5.91 Å². The van der Waals surface area contributed by atoms with Gasteiger partial charge in [-0.05, 0) is 60.9 Å². The molecule has 2 aliphatic rings. The van der Waals surface area contributed by atoms with Crippen LogP contribution in [0.4, 0.5) is 0 Å². The molecule has 5 rings (SSSR count). The molecule has 1 aliphatic carbocycles. The van der Waals surface area contributed by atoms with Gasteiger partial charge in [0.2, 0.25) is 5.91 Å². The normalized spacial score (nSPS) is 27.4. The van der Waals surface area contributed by atoms with Crippen molar-refractivity contribution in [3.8, 4) is 11.5 Å².